The zero-order chi connectivity index (χ0) is 16.1. The molecule has 0 unspecified atom stereocenters. The van der Waals surface area contributed by atoms with Gasteiger partial charge in [-0.05, 0) is 54.1 Å². The summed E-state index contributed by atoms with van der Waals surface area (Å²) < 4.78 is 3.39. The number of aromatic nitrogens is 3. The lowest BCUT2D eigenvalue weighted by Gasteiger charge is -2.09. The van der Waals surface area contributed by atoms with E-state index in [1.54, 1.807) is 11.3 Å². The average Bonchev–Trinajstić information content (AvgIpc) is 2.97. The molecule has 0 radical (unpaired) electrons. The van der Waals surface area contributed by atoms with E-state index in [2.05, 4.69) is 44.3 Å². The molecule has 3 aromatic rings. The zero-order valence-electron chi connectivity index (χ0n) is 12.5. The van der Waals surface area contributed by atoms with E-state index in [0.717, 1.165) is 32.9 Å². The van der Waals surface area contributed by atoms with Gasteiger partial charge in [0, 0.05) is 16.1 Å². The van der Waals surface area contributed by atoms with Crippen LogP contribution in [-0.4, -0.2) is 20.5 Å². The lowest BCUT2D eigenvalue weighted by molar-refractivity contribution is 0.869. The molecule has 0 fully saturated rings. The maximum absolute atomic E-state index is 6.03. The van der Waals surface area contributed by atoms with Crippen molar-refractivity contribution < 1.29 is 0 Å². The van der Waals surface area contributed by atoms with Gasteiger partial charge in [-0.3, -0.25) is 9.56 Å². The Morgan fingerprint density at radius 2 is 1.91 bits per heavy atom. The number of hydrogen-bond acceptors (Lipinski definition) is 4. The highest BCUT2D eigenvalue weighted by Crippen LogP contribution is 2.37. The molecule has 1 aliphatic rings. The molecule has 0 saturated heterocycles. The number of aliphatic imine (C=N–C) groups is 1. The third kappa shape index (κ3) is 2.43. The first kappa shape index (κ1) is 15.3. The molecule has 0 saturated carbocycles. The number of benzene rings is 1. The number of thiophene rings is 1. The van der Waals surface area contributed by atoms with E-state index in [-0.39, 0.29) is 0 Å². The van der Waals surface area contributed by atoms with Crippen molar-refractivity contribution >= 4 is 51.2 Å². The first-order valence-electron chi connectivity index (χ1n) is 7.07. The summed E-state index contributed by atoms with van der Waals surface area (Å²) in [6.45, 7) is 4.65. The topological polar surface area (TPSA) is 43.1 Å². The van der Waals surface area contributed by atoms with E-state index in [1.807, 2.05) is 31.2 Å². The maximum atomic E-state index is 6.03. The molecule has 23 heavy (non-hydrogen) atoms. The largest absolute Gasteiger partial charge is 0.276 e. The quantitative estimate of drug-likeness (QED) is 0.506. The molecule has 4 rings (SSSR count). The van der Waals surface area contributed by atoms with Gasteiger partial charge < -0.3 is 0 Å². The van der Waals surface area contributed by atoms with Gasteiger partial charge in [0.2, 0.25) is 0 Å². The Morgan fingerprint density at radius 1 is 1.17 bits per heavy atom. The lowest BCUT2D eigenvalue weighted by atomic mass is 10.0. The number of rotatable bonds is 1. The molecule has 0 amide bonds. The Labute approximate surface area is 156 Å². The van der Waals surface area contributed by atoms with Crippen LogP contribution in [0.4, 0.5) is 0 Å². The van der Waals surface area contributed by atoms with Crippen molar-refractivity contribution in [3.63, 3.8) is 0 Å². The van der Waals surface area contributed by atoms with E-state index < -0.39 is 0 Å². The molecule has 1 aliphatic heterocycles. The van der Waals surface area contributed by atoms with Gasteiger partial charge in [0.1, 0.15) is 17.4 Å². The van der Waals surface area contributed by atoms with E-state index in [0.29, 0.717) is 6.54 Å². The molecule has 3 heterocycles. The Hall–Kier alpha value is -1.25. The monoisotopic (exact) mass is 454 g/mol. The van der Waals surface area contributed by atoms with Crippen molar-refractivity contribution in [2.75, 3.05) is 0 Å². The predicted molar refractivity (Wildman–Crippen MR) is 102 cm³/mol. The number of halogens is 2. The average molecular weight is 455 g/mol. The smallest absolute Gasteiger partial charge is 0.160 e. The summed E-state index contributed by atoms with van der Waals surface area (Å²) in [6, 6.07) is 7.85. The minimum absolute atomic E-state index is 0.524. The van der Waals surface area contributed by atoms with Crippen molar-refractivity contribution in [1.82, 2.24) is 14.8 Å². The first-order valence-corrected chi connectivity index (χ1v) is 9.34. The Bertz CT molecular complexity index is 940. The maximum Gasteiger partial charge on any atom is 0.160 e. The summed E-state index contributed by atoms with van der Waals surface area (Å²) in [7, 11) is 0. The van der Waals surface area contributed by atoms with Gasteiger partial charge in [0.25, 0.3) is 0 Å². The molecule has 0 spiro atoms. The van der Waals surface area contributed by atoms with Crippen LogP contribution in [-0.2, 0) is 6.54 Å². The van der Waals surface area contributed by atoms with Gasteiger partial charge in [-0.15, -0.1) is 21.5 Å². The number of fused-ring (bicyclic) bond motifs is 3. The molecule has 7 heteroatoms. The third-order valence-electron chi connectivity index (χ3n) is 3.90. The minimum atomic E-state index is 0.524. The molecular weight excluding hydrogens is 443 g/mol. The predicted octanol–water partition coefficient (Wildman–Crippen LogP) is 4.55. The number of hydrogen-bond donors (Lipinski definition) is 0. The highest BCUT2D eigenvalue weighted by atomic mass is 127. The van der Waals surface area contributed by atoms with E-state index in [1.165, 1.54) is 14.0 Å². The zero-order valence-corrected chi connectivity index (χ0v) is 16.2. The fourth-order valence-electron chi connectivity index (χ4n) is 2.75. The number of aryl methyl sites for hydroxylation is 1. The summed E-state index contributed by atoms with van der Waals surface area (Å²) in [6.07, 6.45) is 0. The van der Waals surface area contributed by atoms with Crippen LogP contribution >= 0.6 is 45.5 Å². The molecule has 0 atom stereocenters. The van der Waals surface area contributed by atoms with Crippen LogP contribution in [0.1, 0.15) is 28.3 Å². The van der Waals surface area contributed by atoms with E-state index >= 15 is 0 Å². The van der Waals surface area contributed by atoms with Crippen LogP contribution in [0.25, 0.3) is 5.00 Å². The lowest BCUT2D eigenvalue weighted by Crippen LogP contribution is -2.07. The fourth-order valence-corrected chi connectivity index (χ4v) is 4.88. The van der Waals surface area contributed by atoms with Crippen molar-refractivity contribution in [3.8, 4) is 5.00 Å². The van der Waals surface area contributed by atoms with Gasteiger partial charge in [0.05, 0.1) is 8.60 Å². The van der Waals surface area contributed by atoms with Gasteiger partial charge in [-0.2, -0.15) is 0 Å². The molecule has 0 N–H and O–H groups in total. The summed E-state index contributed by atoms with van der Waals surface area (Å²) >= 11 is 10.2. The fraction of sp³-hybridized carbons (Fsp3) is 0.188. The molecular formula is C16H12ClIN4S. The summed E-state index contributed by atoms with van der Waals surface area (Å²) in [4.78, 5) is 4.85. The standard InChI is InChI=1S/C16H12ClIN4S/c1-8-13-14(10-3-5-11(17)6-4-10)19-7-12-21-20-9(2)22(12)16(13)23-15(8)18/h3-6H,7H2,1-2H3. The highest BCUT2D eigenvalue weighted by Gasteiger charge is 2.26. The van der Waals surface area contributed by atoms with Crippen LogP contribution in [0.5, 0.6) is 0 Å². The normalized spacial score (nSPS) is 13.3. The molecule has 0 bridgehead atoms. The van der Waals surface area contributed by atoms with Crippen molar-refractivity contribution in [1.29, 1.82) is 0 Å². The van der Waals surface area contributed by atoms with Crippen LogP contribution in [0.15, 0.2) is 29.3 Å². The SMILES string of the molecule is Cc1c(I)sc2c1C(c1ccc(Cl)cc1)=NCc1nnc(C)n1-2. The van der Waals surface area contributed by atoms with Crippen LogP contribution < -0.4 is 0 Å². The van der Waals surface area contributed by atoms with E-state index in [4.69, 9.17) is 16.6 Å². The van der Waals surface area contributed by atoms with Crippen LogP contribution in [0.2, 0.25) is 5.02 Å². The number of nitrogens with zero attached hydrogens (tertiary/aromatic N) is 4. The van der Waals surface area contributed by atoms with E-state index in [9.17, 15) is 0 Å². The van der Waals surface area contributed by atoms with Gasteiger partial charge >= 0.3 is 0 Å². The Morgan fingerprint density at radius 3 is 2.65 bits per heavy atom. The second-order valence-electron chi connectivity index (χ2n) is 5.35. The second-order valence-corrected chi connectivity index (χ2v) is 8.60. The molecule has 2 aromatic heterocycles. The minimum Gasteiger partial charge on any atom is -0.276 e. The first-order chi connectivity index (χ1) is 11.1. The van der Waals surface area contributed by atoms with Crippen LogP contribution in [0.3, 0.4) is 0 Å². The van der Waals surface area contributed by atoms with Crippen molar-refractivity contribution in [3.05, 3.63) is 60.5 Å². The third-order valence-corrected chi connectivity index (χ3v) is 6.69. The van der Waals surface area contributed by atoms with Crippen molar-refractivity contribution in [2.24, 2.45) is 4.99 Å². The molecule has 1 aromatic carbocycles. The molecule has 0 aliphatic carbocycles. The van der Waals surface area contributed by atoms with Gasteiger partial charge in [0.15, 0.2) is 5.82 Å². The van der Waals surface area contributed by atoms with Gasteiger partial charge in [-0.25, -0.2) is 0 Å². The summed E-state index contributed by atoms with van der Waals surface area (Å²) in [5.74, 6) is 1.77. The molecule has 116 valence electrons. The van der Waals surface area contributed by atoms with Gasteiger partial charge in [-0.1, -0.05) is 23.7 Å². The highest BCUT2D eigenvalue weighted by molar-refractivity contribution is 14.1. The Balaban J connectivity index is 2.00. The summed E-state index contributed by atoms with van der Waals surface area (Å²) in [5.41, 5.74) is 4.49. The molecule has 4 nitrogen and oxygen atoms in total. The van der Waals surface area contributed by atoms with Crippen LogP contribution in [0, 0.1) is 16.7 Å². The second kappa shape index (κ2) is 5.68. The Kier molecular flexibility index (Phi) is 3.78. The van der Waals surface area contributed by atoms with Crippen molar-refractivity contribution in [2.45, 2.75) is 20.4 Å². The summed E-state index contributed by atoms with van der Waals surface area (Å²) in [5, 5.41) is 10.4.